The van der Waals surface area contributed by atoms with Gasteiger partial charge in [0.25, 0.3) is 5.88 Å². The molecule has 0 bridgehead atoms. The molecule has 4 heteroatoms. The highest BCUT2D eigenvalue weighted by Crippen LogP contribution is 2.30. The first-order valence-electron chi connectivity index (χ1n) is 5.71. The van der Waals surface area contributed by atoms with Gasteiger partial charge in [0.05, 0.1) is 7.11 Å². The summed E-state index contributed by atoms with van der Waals surface area (Å²) < 4.78 is 11.0. The normalized spacial score (nSPS) is 10.2. The van der Waals surface area contributed by atoms with Crippen molar-refractivity contribution < 1.29 is 9.47 Å². The summed E-state index contributed by atoms with van der Waals surface area (Å²) in [4.78, 5) is 4.16. The van der Waals surface area contributed by atoms with Gasteiger partial charge in [-0.05, 0) is 36.2 Å². The molecule has 4 nitrogen and oxygen atoms in total. The minimum Gasteiger partial charge on any atom is -0.491 e. The van der Waals surface area contributed by atoms with Crippen molar-refractivity contribution in [2.45, 2.75) is 13.5 Å². The van der Waals surface area contributed by atoms with Crippen molar-refractivity contribution in [1.82, 2.24) is 4.98 Å². The van der Waals surface area contributed by atoms with Crippen molar-refractivity contribution in [2.75, 3.05) is 7.11 Å². The van der Waals surface area contributed by atoms with E-state index >= 15 is 0 Å². The van der Waals surface area contributed by atoms with Crippen LogP contribution in [0.2, 0.25) is 0 Å². The first-order chi connectivity index (χ1) is 8.74. The van der Waals surface area contributed by atoms with E-state index in [0.717, 1.165) is 16.9 Å². The zero-order valence-electron chi connectivity index (χ0n) is 10.5. The smallest absolute Gasteiger partial charge is 0.262 e. The second-order valence-corrected chi connectivity index (χ2v) is 3.92. The Morgan fingerprint density at radius 3 is 2.78 bits per heavy atom. The second kappa shape index (κ2) is 5.51. The number of aryl methyl sites for hydroxylation is 1. The molecule has 0 aliphatic heterocycles. The van der Waals surface area contributed by atoms with Gasteiger partial charge in [0.15, 0.2) is 5.75 Å². The lowest BCUT2D eigenvalue weighted by Crippen LogP contribution is -1.98. The number of hydrogen-bond donors (Lipinski definition) is 1. The van der Waals surface area contributed by atoms with E-state index in [1.807, 2.05) is 31.2 Å². The van der Waals surface area contributed by atoms with Crippen LogP contribution >= 0.6 is 0 Å². The van der Waals surface area contributed by atoms with Gasteiger partial charge in [0, 0.05) is 12.7 Å². The Morgan fingerprint density at radius 1 is 1.22 bits per heavy atom. The maximum absolute atomic E-state index is 5.78. The summed E-state index contributed by atoms with van der Waals surface area (Å²) in [5, 5.41) is 0. The van der Waals surface area contributed by atoms with Crippen LogP contribution in [0.1, 0.15) is 11.1 Å². The molecule has 0 unspecified atom stereocenters. The van der Waals surface area contributed by atoms with E-state index in [1.165, 1.54) is 0 Å². The second-order valence-electron chi connectivity index (χ2n) is 3.92. The molecule has 0 aliphatic rings. The van der Waals surface area contributed by atoms with Crippen molar-refractivity contribution in [3.05, 3.63) is 47.7 Å². The van der Waals surface area contributed by atoms with E-state index < -0.39 is 0 Å². The topological polar surface area (TPSA) is 57.4 Å². The number of nitrogens with two attached hydrogens (primary N) is 1. The third-order valence-electron chi connectivity index (χ3n) is 2.65. The van der Waals surface area contributed by atoms with E-state index in [4.69, 9.17) is 15.2 Å². The molecule has 0 radical (unpaired) electrons. The highest BCUT2D eigenvalue weighted by molar-refractivity contribution is 5.42. The number of ether oxygens (including phenoxy) is 2. The summed E-state index contributed by atoms with van der Waals surface area (Å²) in [5.41, 5.74) is 7.67. The Balaban J connectivity index is 2.33. The first kappa shape index (κ1) is 12.4. The summed E-state index contributed by atoms with van der Waals surface area (Å²) in [5.74, 6) is 1.81. The average molecular weight is 244 g/mol. The van der Waals surface area contributed by atoms with Crippen LogP contribution in [-0.4, -0.2) is 12.1 Å². The van der Waals surface area contributed by atoms with Gasteiger partial charge in [-0.1, -0.05) is 12.1 Å². The SMILES string of the molecule is COc1cccnc1Oc1cc(CN)ccc1C. The van der Waals surface area contributed by atoms with Crippen LogP contribution < -0.4 is 15.2 Å². The Kier molecular flexibility index (Phi) is 3.79. The zero-order chi connectivity index (χ0) is 13.0. The van der Waals surface area contributed by atoms with Crippen LogP contribution in [0.3, 0.4) is 0 Å². The van der Waals surface area contributed by atoms with Crippen LogP contribution in [0.5, 0.6) is 17.4 Å². The standard InChI is InChI=1S/C14H16N2O2/c1-10-5-6-11(9-15)8-13(10)18-14-12(17-2)4-3-7-16-14/h3-8H,9,15H2,1-2H3. The highest BCUT2D eigenvalue weighted by Gasteiger charge is 2.08. The van der Waals surface area contributed by atoms with Crippen LogP contribution in [0.15, 0.2) is 36.5 Å². The van der Waals surface area contributed by atoms with E-state index in [2.05, 4.69) is 4.98 Å². The summed E-state index contributed by atoms with van der Waals surface area (Å²) >= 11 is 0. The minimum absolute atomic E-state index is 0.456. The lowest BCUT2D eigenvalue weighted by atomic mass is 10.1. The molecule has 0 fully saturated rings. The predicted molar refractivity (Wildman–Crippen MR) is 69.9 cm³/mol. The first-order valence-corrected chi connectivity index (χ1v) is 5.71. The fourth-order valence-electron chi connectivity index (χ4n) is 1.59. The molecule has 1 aromatic heterocycles. The fourth-order valence-corrected chi connectivity index (χ4v) is 1.59. The van der Waals surface area contributed by atoms with E-state index in [1.54, 1.807) is 19.4 Å². The third-order valence-corrected chi connectivity index (χ3v) is 2.65. The molecule has 0 amide bonds. The maximum Gasteiger partial charge on any atom is 0.262 e. The van der Waals surface area contributed by atoms with Gasteiger partial charge in [-0.25, -0.2) is 4.98 Å². The van der Waals surface area contributed by atoms with Gasteiger partial charge in [-0.3, -0.25) is 0 Å². The quantitative estimate of drug-likeness (QED) is 0.898. The number of hydrogen-bond acceptors (Lipinski definition) is 4. The summed E-state index contributed by atoms with van der Waals surface area (Å²) in [6, 6.07) is 9.49. The molecule has 94 valence electrons. The number of pyridine rings is 1. The minimum atomic E-state index is 0.456. The van der Waals surface area contributed by atoms with Crippen LogP contribution in [0.25, 0.3) is 0 Å². The van der Waals surface area contributed by atoms with Crippen molar-refractivity contribution >= 4 is 0 Å². The molecular formula is C14H16N2O2. The van der Waals surface area contributed by atoms with Gasteiger partial charge in [0.2, 0.25) is 0 Å². The number of rotatable bonds is 4. The highest BCUT2D eigenvalue weighted by atomic mass is 16.5. The van der Waals surface area contributed by atoms with Crippen LogP contribution in [0.4, 0.5) is 0 Å². The predicted octanol–water partition coefficient (Wildman–Crippen LogP) is 2.65. The molecule has 2 aromatic rings. The molecule has 1 heterocycles. The molecule has 2 N–H and O–H groups in total. The van der Waals surface area contributed by atoms with Gasteiger partial charge >= 0.3 is 0 Å². The Bertz CT molecular complexity index is 541. The van der Waals surface area contributed by atoms with Gasteiger partial charge in [-0.15, -0.1) is 0 Å². The molecule has 18 heavy (non-hydrogen) atoms. The van der Waals surface area contributed by atoms with E-state index in [-0.39, 0.29) is 0 Å². The monoisotopic (exact) mass is 244 g/mol. The zero-order valence-corrected chi connectivity index (χ0v) is 10.5. The van der Waals surface area contributed by atoms with Gasteiger partial charge in [0.1, 0.15) is 5.75 Å². The lowest BCUT2D eigenvalue weighted by Gasteiger charge is -2.11. The van der Waals surface area contributed by atoms with Crippen molar-refractivity contribution in [2.24, 2.45) is 5.73 Å². The van der Waals surface area contributed by atoms with Crippen LogP contribution in [-0.2, 0) is 6.54 Å². The Hall–Kier alpha value is -2.07. The van der Waals surface area contributed by atoms with Crippen molar-refractivity contribution in [1.29, 1.82) is 0 Å². The van der Waals surface area contributed by atoms with E-state index in [9.17, 15) is 0 Å². The molecule has 0 saturated carbocycles. The number of aromatic nitrogens is 1. The molecule has 0 atom stereocenters. The van der Waals surface area contributed by atoms with Crippen molar-refractivity contribution in [3.63, 3.8) is 0 Å². The summed E-state index contributed by atoms with van der Waals surface area (Å²) in [6.07, 6.45) is 1.67. The third kappa shape index (κ3) is 2.60. The van der Waals surface area contributed by atoms with Gasteiger partial charge < -0.3 is 15.2 Å². The molecule has 0 saturated heterocycles. The average Bonchev–Trinajstić information content (AvgIpc) is 2.42. The molecule has 2 rings (SSSR count). The van der Waals surface area contributed by atoms with Crippen molar-refractivity contribution in [3.8, 4) is 17.4 Å². The van der Waals surface area contributed by atoms with Crippen LogP contribution in [0, 0.1) is 6.92 Å². The number of benzene rings is 1. The lowest BCUT2D eigenvalue weighted by molar-refractivity contribution is 0.368. The van der Waals surface area contributed by atoms with Gasteiger partial charge in [-0.2, -0.15) is 0 Å². The molecule has 0 aliphatic carbocycles. The molecular weight excluding hydrogens is 228 g/mol. The Labute approximate surface area is 106 Å². The van der Waals surface area contributed by atoms with E-state index in [0.29, 0.717) is 18.2 Å². The molecule has 1 aromatic carbocycles. The fraction of sp³-hybridized carbons (Fsp3) is 0.214. The number of methoxy groups -OCH3 is 1. The Morgan fingerprint density at radius 2 is 2.06 bits per heavy atom. The summed E-state index contributed by atoms with van der Waals surface area (Å²) in [7, 11) is 1.59. The maximum atomic E-state index is 5.78. The molecule has 0 spiro atoms. The summed E-state index contributed by atoms with van der Waals surface area (Å²) in [6.45, 7) is 2.46. The largest absolute Gasteiger partial charge is 0.491 e. The number of nitrogens with zero attached hydrogens (tertiary/aromatic N) is 1.